The number of likely N-dealkylation sites (tertiary alicyclic amines) is 1. The van der Waals surface area contributed by atoms with Crippen LogP contribution >= 0.6 is 24.0 Å². The summed E-state index contributed by atoms with van der Waals surface area (Å²) in [6.45, 7) is 4.23. The van der Waals surface area contributed by atoms with E-state index in [-0.39, 0.29) is 30.5 Å². The molecule has 0 aliphatic carbocycles. The third-order valence-electron chi connectivity index (χ3n) is 3.82. The zero-order valence-corrected chi connectivity index (χ0v) is 16.3. The van der Waals surface area contributed by atoms with Gasteiger partial charge in [-0.2, -0.15) is 13.2 Å². The number of hydrogen-bond acceptors (Lipinski definition) is 2. The Balaban J connectivity index is 0.00000484. The second-order valence-electron chi connectivity index (χ2n) is 5.75. The lowest BCUT2D eigenvalue weighted by Crippen LogP contribution is -2.39. The molecule has 1 fully saturated rings. The van der Waals surface area contributed by atoms with Gasteiger partial charge in [0, 0.05) is 20.1 Å². The first kappa shape index (κ1) is 22.8. The molecule has 1 rings (SSSR count). The van der Waals surface area contributed by atoms with E-state index in [0.717, 1.165) is 19.4 Å². The normalized spacial score (nSPS) is 16.8. The fraction of sp³-hybridized carbons (Fsp3) is 0.933. The molecule has 23 heavy (non-hydrogen) atoms. The number of aliphatic imine (C=N–C) groups is 1. The van der Waals surface area contributed by atoms with Crippen LogP contribution in [0.3, 0.4) is 0 Å². The van der Waals surface area contributed by atoms with Crippen molar-refractivity contribution in [1.82, 2.24) is 15.5 Å². The molecule has 0 atom stereocenters. The summed E-state index contributed by atoms with van der Waals surface area (Å²) in [5.41, 5.74) is 0. The number of halogens is 4. The standard InChI is InChI=1S/C15H29F3N4.HI/c1-19-14(21-10-8-15(16,17)18)20-9-4-2-5-11-22-12-6-3-7-13-22;/h2-13H2,1H3,(H2,19,20,21);1H. The third kappa shape index (κ3) is 12.8. The molecule has 138 valence electrons. The Bertz CT molecular complexity index is 318. The van der Waals surface area contributed by atoms with E-state index in [0.29, 0.717) is 5.96 Å². The SMILES string of the molecule is CN=C(NCCCCCN1CCCCC1)NCCC(F)(F)F.I. The largest absolute Gasteiger partial charge is 0.390 e. The molecule has 0 spiro atoms. The second-order valence-corrected chi connectivity index (χ2v) is 5.75. The molecule has 0 aromatic rings. The number of guanidine groups is 1. The van der Waals surface area contributed by atoms with Crippen LogP contribution in [0.4, 0.5) is 13.2 Å². The lowest BCUT2D eigenvalue weighted by atomic mass is 10.1. The van der Waals surface area contributed by atoms with Gasteiger partial charge in [0.1, 0.15) is 0 Å². The first-order valence-corrected chi connectivity index (χ1v) is 8.25. The summed E-state index contributed by atoms with van der Waals surface area (Å²) in [5.74, 6) is 0.445. The van der Waals surface area contributed by atoms with Crippen molar-refractivity contribution in [3.8, 4) is 0 Å². The van der Waals surface area contributed by atoms with E-state index < -0.39 is 12.6 Å². The van der Waals surface area contributed by atoms with E-state index >= 15 is 0 Å². The highest BCUT2D eigenvalue weighted by molar-refractivity contribution is 14.0. The molecular weight excluding hydrogens is 420 g/mol. The lowest BCUT2D eigenvalue weighted by molar-refractivity contribution is -0.132. The van der Waals surface area contributed by atoms with Crippen LogP contribution in [0.25, 0.3) is 0 Å². The number of rotatable bonds is 8. The smallest absolute Gasteiger partial charge is 0.356 e. The van der Waals surface area contributed by atoms with Gasteiger partial charge in [-0.3, -0.25) is 4.99 Å². The quantitative estimate of drug-likeness (QED) is 0.258. The average Bonchev–Trinajstić information content (AvgIpc) is 2.48. The Hall–Kier alpha value is -0.250. The van der Waals surface area contributed by atoms with Crippen molar-refractivity contribution in [3.05, 3.63) is 0 Å². The summed E-state index contributed by atoms with van der Waals surface area (Å²) in [5, 5.41) is 5.73. The van der Waals surface area contributed by atoms with Crippen molar-refractivity contribution < 1.29 is 13.2 Å². The van der Waals surface area contributed by atoms with Crippen LogP contribution in [0.1, 0.15) is 44.9 Å². The monoisotopic (exact) mass is 450 g/mol. The summed E-state index contributed by atoms with van der Waals surface area (Å²) >= 11 is 0. The van der Waals surface area contributed by atoms with E-state index in [1.165, 1.54) is 45.3 Å². The van der Waals surface area contributed by atoms with E-state index in [1.807, 2.05) is 0 Å². The fourth-order valence-corrected chi connectivity index (χ4v) is 2.57. The molecule has 0 unspecified atom stereocenters. The molecule has 0 saturated carbocycles. The van der Waals surface area contributed by atoms with Gasteiger partial charge >= 0.3 is 6.18 Å². The molecule has 1 aliphatic rings. The van der Waals surface area contributed by atoms with Gasteiger partial charge in [-0.1, -0.05) is 12.8 Å². The fourth-order valence-electron chi connectivity index (χ4n) is 2.57. The number of nitrogens with one attached hydrogen (secondary N) is 2. The van der Waals surface area contributed by atoms with Gasteiger partial charge in [0.15, 0.2) is 5.96 Å². The summed E-state index contributed by atoms with van der Waals surface area (Å²) < 4.78 is 36.2. The van der Waals surface area contributed by atoms with Crippen molar-refractivity contribution in [3.63, 3.8) is 0 Å². The van der Waals surface area contributed by atoms with E-state index in [1.54, 1.807) is 7.05 Å². The summed E-state index contributed by atoms with van der Waals surface area (Å²) in [6, 6.07) is 0. The van der Waals surface area contributed by atoms with Crippen molar-refractivity contribution in [2.75, 3.05) is 39.8 Å². The third-order valence-corrected chi connectivity index (χ3v) is 3.82. The number of unbranched alkanes of at least 4 members (excludes halogenated alkanes) is 2. The molecular formula is C15H30F3IN4. The van der Waals surface area contributed by atoms with Gasteiger partial charge in [0.2, 0.25) is 0 Å². The Kier molecular flexibility index (Phi) is 12.9. The van der Waals surface area contributed by atoms with Crippen LogP contribution in [-0.4, -0.2) is 56.8 Å². The van der Waals surface area contributed by atoms with Crippen molar-refractivity contribution >= 4 is 29.9 Å². The first-order chi connectivity index (χ1) is 10.5. The predicted molar refractivity (Wildman–Crippen MR) is 99.6 cm³/mol. The molecule has 0 aromatic heterocycles. The van der Waals surface area contributed by atoms with E-state index in [2.05, 4.69) is 20.5 Å². The Morgan fingerprint density at radius 1 is 1.00 bits per heavy atom. The van der Waals surface area contributed by atoms with Crippen LogP contribution in [0.15, 0.2) is 4.99 Å². The summed E-state index contributed by atoms with van der Waals surface area (Å²) in [4.78, 5) is 6.44. The highest BCUT2D eigenvalue weighted by Crippen LogP contribution is 2.18. The number of piperidine rings is 1. The van der Waals surface area contributed by atoms with Crippen molar-refractivity contribution in [2.24, 2.45) is 4.99 Å². The van der Waals surface area contributed by atoms with E-state index in [9.17, 15) is 13.2 Å². The van der Waals surface area contributed by atoms with Crippen LogP contribution in [0, 0.1) is 0 Å². The molecule has 1 aliphatic heterocycles. The van der Waals surface area contributed by atoms with Crippen LogP contribution in [0.5, 0.6) is 0 Å². The summed E-state index contributed by atoms with van der Waals surface area (Å²) in [7, 11) is 1.57. The lowest BCUT2D eigenvalue weighted by Gasteiger charge is -2.26. The highest BCUT2D eigenvalue weighted by atomic mass is 127. The van der Waals surface area contributed by atoms with Gasteiger partial charge in [0.25, 0.3) is 0 Å². The maximum Gasteiger partial charge on any atom is 0.390 e. The topological polar surface area (TPSA) is 39.7 Å². The molecule has 1 heterocycles. The minimum atomic E-state index is -4.12. The van der Waals surface area contributed by atoms with Crippen molar-refractivity contribution in [2.45, 2.75) is 51.1 Å². The summed E-state index contributed by atoms with van der Waals surface area (Å²) in [6.07, 6.45) is 2.35. The Morgan fingerprint density at radius 2 is 1.65 bits per heavy atom. The average molecular weight is 450 g/mol. The zero-order chi connectivity index (χ0) is 16.3. The molecule has 4 nitrogen and oxygen atoms in total. The minimum Gasteiger partial charge on any atom is -0.356 e. The van der Waals surface area contributed by atoms with E-state index in [4.69, 9.17) is 0 Å². The van der Waals surface area contributed by atoms with Gasteiger partial charge in [-0.15, -0.1) is 24.0 Å². The van der Waals surface area contributed by atoms with Crippen LogP contribution in [0.2, 0.25) is 0 Å². The Labute approximate surface area is 154 Å². The molecule has 0 bridgehead atoms. The Morgan fingerprint density at radius 3 is 2.26 bits per heavy atom. The molecule has 2 N–H and O–H groups in total. The van der Waals surface area contributed by atoms with Gasteiger partial charge in [0.05, 0.1) is 6.42 Å². The molecule has 0 radical (unpaired) electrons. The second kappa shape index (κ2) is 13.1. The maximum absolute atomic E-state index is 12.1. The van der Waals surface area contributed by atoms with Gasteiger partial charge < -0.3 is 15.5 Å². The maximum atomic E-state index is 12.1. The van der Waals surface area contributed by atoms with Gasteiger partial charge in [-0.25, -0.2) is 0 Å². The number of hydrogen-bond donors (Lipinski definition) is 2. The van der Waals surface area contributed by atoms with Crippen LogP contribution in [-0.2, 0) is 0 Å². The number of alkyl halides is 3. The van der Waals surface area contributed by atoms with Crippen LogP contribution < -0.4 is 10.6 Å². The predicted octanol–water partition coefficient (Wildman–Crippen LogP) is 3.38. The first-order valence-electron chi connectivity index (χ1n) is 8.25. The molecule has 0 aromatic carbocycles. The minimum absolute atomic E-state index is 0. The molecule has 0 amide bonds. The molecule has 8 heteroatoms. The van der Waals surface area contributed by atoms with Crippen molar-refractivity contribution in [1.29, 1.82) is 0 Å². The zero-order valence-electron chi connectivity index (χ0n) is 13.9. The number of nitrogens with zero attached hydrogens (tertiary/aromatic N) is 2. The molecule has 1 saturated heterocycles. The highest BCUT2D eigenvalue weighted by Gasteiger charge is 2.26. The van der Waals surface area contributed by atoms with Gasteiger partial charge in [-0.05, 0) is 45.3 Å².